The average molecular weight is 345 g/mol. The molecule has 21 heavy (non-hydrogen) atoms. The van der Waals surface area contributed by atoms with E-state index in [0.717, 1.165) is 5.56 Å². The van der Waals surface area contributed by atoms with Gasteiger partial charge in [0.05, 0.1) is 28.2 Å². The number of benzene rings is 2. The van der Waals surface area contributed by atoms with Crippen LogP contribution in [0.2, 0.25) is 10.0 Å². The smallest absolute Gasteiger partial charge is 0.158 e. The fourth-order valence-corrected chi connectivity index (χ4v) is 3.74. The van der Waals surface area contributed by atoms with Crippen LogP contribution in [0.4, 0.5) is 0 Å². The van der Waals surface area contributed by atoms with Crippen molar-refractivity contribution in [2.24, 2.45) is 0 Å². The molecule has 0 spiro atoms. The summed E-state index contributed by atoms with van der Waals surface area (Å²) in [6.45, 7) is -0.0592. The van der Waals surface area contributed by atoms with Crippen LogP contribution in [-0.2, 0) is 27.9 Å². The van der Waals surface area contributed by atoms with Gasteiger partial charge in [-0.15, -0.1) is 0 Å². The molecule has 2 rings (SSSR count). The first-order valence-electron chi connectivity index (χ1n) is 6.22. The Hall–Kier alpha value is -1.07. The van der Waals surface area contributed by atoms with Crippen molar-refractivity contribution < 1.29 is 13.5 Å². The maximum Gasteiger partial charge on any atom is 0.158 e. The van der Waals surface area contributed by atoms with Crippen molar-refractivity contribution in [2.45, 2.75) is 18.1 Å². The molecular weight excluding hydrogens is 331 g/mol. The summed E-state index contributed by atoms with van der Waals surface area (Å²) in [6, 6.07) is 11.6. The average Bonchev–Trinajstić information content (AvgIpc) is 2.43. The van der Waals surface area contributed by atoms with E-state index in [9.17, 15) is 8.42 Å². The summed E-state index contributed by atoms with van der Waals surface area (Å²) in [5.74, 6) is -0.148. The molecule has 2 aromatic carbocycles. The van der Waals surface area contributed by atoms with E-state index in [1.807, 2.05) is 0 Å². The number of halogens is 2. The number of aliphatic hydroxyl groups excluding tert-OH is 1. The van der Waals surface area contributed by atoms with Gasteiger partial charge in [0.25, 0.3) is 0 Å². The molecule has 0 aliphatic heterocycles. The molecule has 0 heterocycles. The maximum absolute atomic E-state index is 12.2. The fourth-order valence-electron chi connectivity index (χ4n) is 1.93. The van der Waals surface area contributed by atoms with Crippen molar-refractivity contribution in [1.82, 2.24) is 0 Å². The Kier molecular flexibility index (Phi) is 5.27. The molecule has 0 atom stereocenters. The van der Waals surface area contributed by atoms with E-state index in [2.05, 4.69) is 0 Å². The Bertz CT molecular complexity index is 725. The minimum Gasteiger partial charge on any atom is -0.392 e. The molecule has 0 aliphatic carbocycles. The molecule has 0 unspecified atom stereocenters. The van der Waals surface area contributed by atoms with E-state index >= 15 is 0 Å². The van der Waals surface area contributed by atoms with E-state index in [-0.39, 0.29) is 18.1 Å². The zero-order valence-electron chi connectivity index (χ0n) is 11.1. The maximum atomic E-state index is 12.2. The molecule has 0 fully saturated rings. The first kappa shape index (κ1) is 16.3. The second-order valence-corrected chi connectivity index (χ2v) is 7.63. The SMILES string of the molecule is O=S(=O)(Cc1ccc(CO)cc1)Cc1ccc(Cl)c(Cl)c1. The lowest BCUT2D eigenvalue weighted by Crippen LogP contribution is -2.07. The van der Waals surface area contributed by atoms with Crippen LogP contribution in [0.5, 0.6) is 0 Å². The van der Waals surface area contributed by atoms with E-state index in [0.29, 0.717) is 21.2 Å². The molecule has 0 aliphatic rings. The highest BCUT2D eigenvalue weighted by Gasteiger charge is 2.14. The quantitative estimate of drug-likeness (QED) is 0.901. The minimum atomic E-state index is -3.30. The summed E-state index contributed by atoms with van der Waals surface area (Å²) in [5, 5.41) is 9.71. The van der Waals surface area contributed by atoms with Crippen molar-refractivity contribution >= 4 is 33.0 Å². The molecule has 0 saturated carbocycles. The zero-order valence-corrected chi connectivity index (χ0v) is 13.4. The highest BCUT2D eigenvalue weighted by atomic mass is 35.5. The van der Waals surface area contributed by atoms with Crippen LogP contribution in [0, 0.1) is 0 Å². The molecule has 112 valence electrons. The van der Waals surface area contributed by atoms with Crippen molar-refractivity contribution in [3.63, 3.8) is 0 Å². The van der Waals surface area contributed by atoms with E-state index in [4.69, 9.17) is 28.3 Å². The molecule has 0 radical (unpaired) electrons. The third kappa shape index (κ3) is 4.71. The lowest BCUT2D eigenvalue weighted by atomic mass is 10.2. The number of sulfone groups is 1. The molecule has 0 saturated heterocycles. The normalized spacial score (nSPS) is 11.6. The first-order valence-corrected chi connectivity index (χ1v) is 8.80. The highest BCUT2D eigenvalue weighted by Crippen LogP contribution is 2.24. The van der Waals surface area contributed by atoms with Gasteiger partial charge in [-0.2, -0.15) is 0 Å². The van der Waals surface area contributed by atoms with E-state index in [1.54, 1.807) is 42.5 Å². The van der Waals surface area contributed by atoms with Gasteiger partial charge in [0.1, 0.15) is 0 Å². The summed E-state index contributed by atoms with van der Waals surface area (Å²) >= 11 is 11.7. The van der Waals surface area contributed by atoms with Crippen molar-refractivity contribution in [2.75, 3.05) is 0 Å². The third-order valence-electron chi connectivity index (χ3n) is 2.96. The predicted molar refractivity (Wildman–Crippen MR) is 85.2 cm³/mol. The summed E-state index contributed by atoms with van der Waals surface area (Å²) < 4.78 is 24.4. The van der Waals surface area contributed by atoms with Crippen molar-refractivity contribution in [3.8, 4) is 0 Å². The van der Waals surface area contributed by atoms with Crippen LogP contribution in [0.25, 0.3) is 0 Å². The summed E-state index contributed by atoms with van der Waals surface area (Å²) in [6.07, 6.45) is 0. The van der Waals surface area contributed by atoms with Crippen LogP contribution in [0.1, 0.15) is 16.7 Å². The van der Waals surface area contributed by atoms with Gasteiger partial charge in [-0.3, -0.25) is 0 Å². The molecule has 6 heteroatoms. The summed E-state index contributed by atoms with van der Waals surface area (Å²) in [5.41, 5.74) is 2.05. The van der Waals surface area contributed by atoms with Crippen molar-refractivity contribution in [3.05, 3.63) is 69.2 Å². The predicted octanol–water partition coefficient (Wildman–Crippen LogP) is 3.60. The van der Waals surface area contributed by atoms with Gasteiger partial charge in [0.15, 0.2) is 9.84 Å². The second-order valence-electron chi connectivity index (χ2n) is 4.76. The van der Waals surface area contributed by atoms with Gasteiger partial charge in [-0.05, 0) is 28.8 Å². The highest BCUT2D eigenvalue weighted by molar-refractivity contribution is 7.89. The molecular formula is C15H14Cl2O3S. The Morgan fingerprint density at radius 1 is 0.810 bits per heavy atom. The Balaban J connectivity index is 2.12. The summed E-state index contributed by atoms with van der Waals surface area (Å²) in [7, 11) is -3.30. The van der Waals surface area contributed by atoms with Crippen LogP contribution in [0.15, 0.2) is 42.5 Å². The second kappa shape index (κ2) is 6.79. The zero-order chi connectivity index (χ0) is 15.5. The van der Waals surface area contributed by atoms with Crippen LogP contribution in [-0.4, -0.2) is 13.5 Å². The fraction of sp³-hybridized carbons (Fsp3) is 0.200. The number of hydrogen-bond donors (Lipinski definition) is 1. The van der Waals surface area contributed by atoms with Gasteiger partial charge in [0.2, 0.25) is 0 Å². The molecule has 0 bridgehead atoms. The van der Waals surface area contributed by atoms with Gasteiger partial charge in [-0.1, -0.05) is 53.5 Å². The molecule has 3 nitrogen and oxygen atoms in total. The standard InChI is InChI=1S/C15H14Cl2O3S/c16-14-6-5-13(7-15(14)17)10-21(19,20)9-12-3-1-11(8-18)2-4-12/h1-7,18H,8-10H2. The Morgan fingerprint density at radius 3 is 1.90 bits per heavy atom. The van der Waals surface area contributed by atoms with Crippen LogP contribution in [0.3, 0.4) is 0 Å². The monoisotopic (exact) mass is 344 g/mol. The van der Waals surface area contributed by atoms with Gasteiger partial charge in [0, 0.05) is 0 Å². The van der Waals surface area contributed by atoms with Crippen molar-refractivity contribution in [1.29, 1.82) is 0 Å². The van der Waals surface area contributed by atoms with Crippen LogP contribution < -0.4 is 0 Å². The number of rotatable bonds is 5. The lowest BCUT2D eigenvalue weighted by Gasteiger charge is -2.07. The third-order valence-corrected chi connectivity index (χ3v) is 5.25. The lowest BCUT2D eigenvalue weighted by molar-refractivity contribution is 0.282. The Labute approximate surface area is 134 Å². The first-order chi connectivity index (χ1) is 9.89. The molecule has 2 aromatic rings. The molecule has 0 amide bonds. The van der Waals surface area contributed by atoms with Crippen LogP contribution >= 0.6 is 23.2 Å². The Morgan fingerprint density at radius 2 is 1.33 bits per heavy atom. The largest absolute Gasteiger partial charge is 0.392 e. The van der Waals surface area contributed by atoms with E-state index < -0.39 is 9.84 Å². The summed E-state index contributed by atoms with van der Waals surface area (Å²) in [4.78, 5) is 0. The van der Waals surface area contributed by atoms with E-state index in [1.165, 1.54) is 0 Å². The van der Waals surface area contributed by atoms with Gasteiger partial charge in [-0.25, -0.2) is 8.42 Å². The van der Waals surface area contributed by atoms with Gasteiger partial charge >= 0.3 is 0 Å². The number of aliphatic hydroxyl groups is 1. The molecule has 1 N–H and O–H groups in total. The minimum absolute atomic E-state index is 0.0566. The topological polar surface area (TPSA) is 54.4 Å². The molecule has 0 aromatic heterocycles. The van der Waals surface area contributed by atoms with Gasteiger partial charge < -0.3 is 5.11 Å². The number of hydrogen-bond acceptors (Lipinski definition) is 3.